The largest absolute Gasteiger partial charge is 0.355 e. The van der Waals surface area contributed by atoms with E-state index in [0.717, 1.165) is 26.4 Å². The van der Waals surface area contributed by atoms with Crippen LogP contribution in [0.1, 0.15) is 55.4 Å². The average Bonchev–Trinajstić information content (AvgIpc) is 2.37. The fraction of sp³-hybridized carbons (Fsp3) is 1.00. The molecule has 144 valence electrons. The van der Waals surface area contributed by atoms with Crippen LogP contribution in [0.15, 0.2) is 0 Å². The third-order valence-corrected chi connectivity index (χ3v) is 2.14. The zero-order valence-corrected chi connectivity index (χ0v) is 17.6. The molecular formula is C18H40FeO4. The maximum atomic E-state index is 5.22. The van der Waals surface area contributed by atoms with Crippen LogP contribution in [0.2, 0.25) is 0 Å². The Labute approximate surface area is 155 Å². The first kappa shape index (κ1) is 28.2. The molecule has 0 radical (unpaired) electrons. The van der Waals surface area contributed by atoms with Gasteiger partial charge in [0.1, 0.15) is 13.6 Å². The molecule has 0 saturated heterocycles. The molecule has 0 heterocycles. The second-order valence-electron chi connectivity index (χ2n) is 7.29. The van der Waals surface area contributed by atoms with Crippen molar-refractivity contribution in [2.75, 3.05) is 40.0 Å². The molecule has 0 atom stereocenters. The van der Waals surface area contributed by atoms with Gasteiger partial charge in [0.15, 0.2) is 0 Å². The minimum atomic E-state index is 0. The van der Waals surface area contributed by atoms with Crippen LogP contribution in [0, 0.1) is 23.7 Å². The van der Waals surface area contributed by atoms with E-state index in [1.54, 1.807) is 0 Å². The molecule has 4 nitrogen and oxygen atoms in total. The first-order valence-corrected chi connectivity index (χ1v) is 8.56. The second kappa shape index (κ2) is 20.4. The van der Waals surface area contributed by atoms with Crippen LogP contribution in [0.3, 0.4) is 0 Å². The Morgan fingerprint density at radius 3 is 0.739 bits per heavy atom. The summed E-state index contributed by atoms with van der Waals surface area (Å²) in [7, 11) is 0. The molecule has 0 amide bonds. The quantitative estimate of drug-likeness (QED) is 0.284. The van der Waals surface area contributed by atoms with Gasteiger partial charge in [-0.3, -0.25) is 0 Å². The van der Waals surface area contributed by atoms with Crippen molar-refractivity contribution in [2.45, 2.75) is 55.4 Å². The molecule has 0 rings (SSSR count). The Hall–Kier alpha value is 0.359. The fourth-order valence-electron chi connectivity index (χ4n) is 1.25. The van der Waals surface area contributed by atoms with Gasteiger partial charge in [0.2, 0.25) is 0 Å². The maximum Gasteiger partial charge on any atom is 0.146 e. The molecule has 0 bridgehead atoms. The molecule has 0 aliphatic rings. The van der Waals surface area contributed by atoms with Crippen LogP contribution in [-0.2, 0) is 36.0 Å². The summed E-state index contributed by atoms with van der Waals surface area (Å²) in [6, 6.07) is 0. The van der Waals surface area contributed by atoms with E-state index in [9.17, 15) is 0 Å². The van der Waals surface area contributed by atoms with Crippen LogP contribution in [-0.4, -0.2) is 40.0 Å². The monoisotopic (exact) mass is 376 g/mol. The van der Waals surface area contributed by atoms with E-state index < -0.39 is 0 Å². The van der Waals surface area contributed by atoms with E-state index in [1.807, 2.05) is 0 Å². The van der Waals surface area contributed by atoms with Gasteiger partial charge in [-0.25, -0.2) is 0 Å². The number of ether oxygens (including phenoxy) is 4. The maximum absolute atomic E-state index is 5.22. The summed E-state index contributed by atoms with van der Waals surface area (Å²) in [6.07, 6.45) is 0. The average molecular weight is 376 g/mol. The summed E-state index contributed by atoms with van der Waals surface area (Å²) in [5.74, 6) is 2.38. The molecule has 23 heavy (non-hydrogen) atoms. The van der Waals surface area contributed by atoms with Gasteiger partial charge in [0.25, 0.3) is 0 Å². The minimum Gasteiger partial charge on any atom is -0.355 e. The molecule has 5 heteroatoms. The van der Waals surface area contributed by atoms with E-state index in [-0.39, 0.29) is 17.1 Å². The summed E-state index contributed by atoms with van der Waals surface area (Å²) in [5, 5.41) is 0. The first-order chi connectivity index (χ1) is 10.3. The van der Waals surface area contributed by atoms with Gasteiger partial charge in [0, 0.05) is 17.1 Å². The van der Waals surface area contributed by atoms with Crippen LogP contribution < -0.4 is 0 Å². The summed E-state index contributed by atoms with van der Waals surface area (Å²) >= 11 is 0. The number of hydrogen-bond acceptors (Lipinski definition) is 4. The fourth-order valence-corrected chi connectivity index (χ4v) is 1.25. The molecular weight excluding hydrogens is 336 g/mol. The molecule has 0 fully saturated rings. The van der Waals surface area contributed by atoms with Crippen molar-refractivity contribution in [1.29, 1.82) is 0 Å². The van der Waals surface area contributed by atoms with Gasteiger partial charge >= 0.3 is 0 Å². The second-order valence-corrected chi connectivity index (χ2v) is 7.29. The molecule has 0 saturated carbocycles. The van der Waals surface area contributed by atoms with Crippen molar-refractivity contribution in [2.24, 2.45) is 23.7 Å². The van der Waals surface area contributed by atoms with Crippen molar-refractivity contribution in [3.8, 4) is 0 Å². The zero-order valence-electron chi connectivity index (χ0n) is 16.5. The van der Waals surface area contributed by atoms with Gasteiger partial charge in [0.05, 0.1) is 26.4 Å². The van der Waals surface area contributed by atoms with Crippen molar-refractivity contribution in [1.82, 2.24) is 0 Å². The number of hydrogen-bond donors (Lipinski definition) is 0. The SMILES string of the molecule is CC(C)COCOCC(C)C.CC(C)COCOCC(C)C.[Fe]. The van der Waals surface area contributed by atoms with Crippen molar-refractivity contribution in [3.63, 3.8) is 0 Å². The normalized spacial score (nSPS) is 11.0. The van der Waals surface area contributed by atoms with E-state index in [2.05, 4.69) is 55.4 Å². The molecule has 0 aromatic heterocycles. The third kappa shape index (κ3) is 34.6. The molecule has 0 N–H and O–H groups in total. The Morgan fingerprint density at radius 1 is 0.435 bits per heavy atom. The predicted octanol–water partition coefficient (Wildman–Crippen LogP) is 4.58. The Kier molecular flexibility index (Phi) is 25.0. The van der Waals surface area contributed by atoms with Crippen LogP contribution in [0.4, 0.5) is 0 Å². The Bertz CT molecular complexity index is 167. The Morgan fingerprint density at radius 2 is 0.609 bits per heavy atom. The predicted molar refractivity (Wildman–Crippen MR) is 92.9 cm³/mol. The number of rotatable bonds is 12. The van der Waals surface area contributed by atoms with Gasteiger partial charge in [-0.05, 0) is 23.7 Å². The van der Waals surface area contributed by atoms with Gasteiger partial charge in [-0.15, -0.1) is 0 Å². The van der Waals surface area contributed by atoms with Gasteiger partial charge in [-0.1, -0.05) is 55.4 Å². The smallest absolute Gasteiger partial charge is 0.146 e. The molecule has 0 aromatic carbocycles. The van der Waals surface area contributed by atoms with Crippen molar-refractivity contribution in [3.05, 3.63) is 0 Å². The molecule has 0 aliphatic heterocycles. The van der Waals surface area contributed by atoms with Gasteiger partial charge in [-0.2, -0.15) is 0 Å². The van der Waals surface area contributed by atoms with E-state index in [1.165, 1.54) is 0 Å². The van der Waals surface area contributed by atoms with Crippen LogP contribution in [0.5, 0.6) is 0 Å². The summed E-state index contributed by atoms with van der Waals surface area (Å²) in [4.78, 5) is 0. The third-order valence-electron chi connectivity index (χ3n) is 2.14. The zero-order chi connectivity index (χ0) is 17.4. The first-order valence-electron chi connectivity index (χ1n) is 8.56. The molecule has 0 aliphatic carbocycles. The summed E-state index contributed by atoms with van der Waals surface area (Å²) in [5.41, 5.74) is 0. The van der Waals surface area contributed by atoms with E-state index >= 15 is 0 Å². The van der Waals surface area contributed by atoms with Crippen molar-refractivity contribution < 1.29 is 36.0 Å². The molecule has 0 spiro atoms. The van der Waals surface area contributed by atoms with E-state index in [0.29, 0.717) is 37.3 Å². The topological polar surface area (TPSA) is 36.9 Å². The summed E-state index contributed by atoms with van der Waals surface area (Å²) < 4.78 is 20.9. The standard InChI is InChI=1S/2C9H20O2.Fe/c2*1-8(2)5-10-7-11-6-9(3)4;/h2*8-9H,5-7H2,1-4H3;. The Balaban J connectivity index is -0.000000333. The molecule has 0 aromatic rings. The van der Waals surface area contributed by atoms with Crippen LogP contribution in [0.25, 0.3) is 0 Å². The van der Waals surface area contributed by atoms with Crippen LogP contribution >= 0.6 is 0 Å². The van der Waals surface area contributed by atoms with Gasteiger partial charge < -0.3 is 18.9 Å². The van der Waals surface area contributed by atoms with E-state index in [4.69, 9.17) is 18.9 Å². The molecule has 0 unspecified atom stereocenters. The minimum absolute atomic E-state index is 0. The van der Waals surface area contributed by atoms with Crippen molar-refractivity contribution >= 4 is 0 Å². The summed E-state index contributed by atoms with van der Waals surface area (Å²) in [6.45, 7) is 21.1.